The second-order valence-electron chi connectivity index (χ2n) is 3.91. The molecule has 0 heterocycles. The van der Waals surface area contributed by atoms with Crippen LogP contribution in [0.5, 0.6) is 0 Å². The first kappa shape index (κ1) is 11.2. The summed E-state index contributed by atoms with van der Waals surface area (Å²) in [5, 5.41) is 0.723. The number of carbonyl (C=O) groups is 1. The van der Waals surface area contributed by atoms with E-state index in [4.69, 9.17) is 16.3 Å². The number of halogens is 1. The Morgan fingerprint density at radius 3 is 2.81 bits per heavy atom. The van der Waals surface area contributed by atoms with Crippen LogP contribution in [0.25, 0.3) is 0 Å². The molecule has 16 heavy (non-hydrogen) atoms. The van der Waals surface area contributed by atoms with E-state index in [1.54, 1.807) is 13.2 Å². The van der Waals surface area contributed by atoms with Crippen LogP contribution in [0.15, 0.2) is 36.1 Å². The SMILES string of the molecule is COC1=CC(=O)C(Cc2ccccc2Cl)C1. The van der Waals surface area contributed by atoms with Crippen LogP contribution in [0, 0.1) is 5.92 Å². The smallest absolute Gasteiger partial charge is 0.162 e. The summed E-state index contributed by atoms with van der Waals surface area (Å²) in [6, 6.07) is 7.63. The van der Waals surface area contributed by atoms with Crippen LogP contribution < -0.4 is 0 Å². The zero-order chi connectivity index (χ0) is 11.5. The molecule has 1 atom stereocenters. The molecule has 1 aliphatic carbocycles. The molecule has 0 spiro atoms. The summed E-state index contributed by atoms with van der Waals surface area (Å²) in [5.74, 6) is 0.883. The Labute approximate surface area is 99.9 Å². The number of hydrogen-bond acceptors (Lipinski definition) is 2. The minimum absolute atomic E-state index is 0.0187. The van der Waals surface area contributed by atoms with Crippen LogP contribution >= 0.6 is 11.6 Å². The van der Waals surface area contributed by atoms with E-state index in [1.165, 1.54) is 0 Å². The van der Waals surface area contributed by atoms with Gasteiger partial charge in [-0.05, 0) is 18.1 Å². The lowest BCUT2D eigenvalue weighted by molar-refractivity contribution is -0.117. The minimum Gasteiger partial charge on any atom is -0.501 e. The Morgan fingerprint density at radius 2 is 2.19 bits per heavy atom. The largest absolute Gasteiger partial charge is 0.501 e. The van der Waals surface area contributed by atoms with Crippen LogP contribution in [0.4, 0.5) is 0 Å². The molecular weight excluding hydrogens is 224 g/mol. The van der Waals surface area contributed by atoms with Crippen molar-refractivity contribution in [3.63, 3.8) is 0 Å². The number of hydrogen-bond donors (Lipinski definition) is 0. The topological polar surface area (TPSA) is 26.3 Å². The molecule has 0 N–H and O–H groups in total. The van der Waals surface area contributed by atoms with Gasteiger partial charge in [-0.3, -0.25) is 4.79 Å². The van der Waals surface area contributed by atoms with Crippen LogP contribution in [-0.2, 0) is 16.0 Å². The van der Waals surface area contributed by atoms with Gasteiger partial charge >= 0.3 is 0 Å². The van der Waals surface area contributed by atoms with Gasteiger partial charge in [0.2, 0.25) is 0 Å². The molecule has 0 radical (unpaired) electrons. The van der Waals surface area contributed by atoms with Crippen molar-refractivity contribution < 1.29 is 9.53 Å². The molecule has 1 aliphatic rings. The van der Waals surface area contributed by atoms with Gasteiger partial charge in [-0.25, -0.2) is 0 Å². The fourth-order valence-electron chi connectivity index (χ4n) is 1.92. The fraction of sp³-hybridized carbons (Fsp3) is 0.308. The third kappa shape index (κ3) is 2.27. The highest BCUT2D eigenvalue weighted by Gasteiger charge is 2.26. The summed E-state index contributed by atoms with van der Waals surface area (Å²) in [7, 11) is 1.59. The first-order chi connectivity index (χ1) is 7.70. The number of rotatable bonds is 3. The molecule has 3 heteroatoms. The van der Waals surface area contributed by atoms with Gasteiger partial charge in [0.15, 0.2) is 5.78 Å². The van der Waals surface area contributed by atoms with Crippen molar-refractivity contribution >= 4 is 17.4 Å². The van der Waals surface area contributed by atoms with Crippen LogP contribution in [0.1, 0.15) is 12.0 Å². The summed E-state index contributed by atoms with van der Waals surface area (Å²) in [6.07, 6.45) is 2.95. The van der Waals surface area contributed by atoms with Crippen LogP contribution in [-0.4, -0.2) is 12.9 Å². The average Bonchev–Trinajstić information content (AvgIpc) is 2.63. The third-order valence-electron chi connectivity index (χ3n) is 2.84. The van der Waals surface area contributed by atoms with Crippen molar-refractivity contribution in [3.8, 4) is 0 Å². The average molecular weight is 237 g/mol. The highest BCUT2D eigenvalue weighted by atomic mass is 35.5. The molecule has 1 aromatic rings. The van der Waals surface area contributed by atoms with Crippen molar-refractivity contribution in [2.75, 3.05) is 7.11 Å². The maximum atomic E-state index is 11.7. The summed E-state index contributed by atoms with van der Waals surface area (Å²) in [5.41, 5.74) is 1.02. The van der Waals surface area contributed by atoms with Crippen LogP contribution in [0.3, 0.4) is 0 Å². The third-order valence-corrected chi connectivity index (χ3v) is 3.21. The van der Waals surface area contributed by atoms with Gasteiger partial charge in [-0.15, -0.1) is 0 Å². The Hall–Kier alpha value is -1.28. The fourth-order valence-corrected chi connectivity index (χ4v) is 2.14. The van der Waals surface area contributed by atoms with Gasteiger partial charge < -0.3 is 4.74 Å². The van der Waals surface area contributed by atoms with E-state index in [2.05, 4.69) is 0 Å². The van der Waals surface area contributed by atoms with Gasteiger partial charge in [0.1, 0.15) is 0 Å². The maximum absolute atomic E-state index is 11.7. The highest BCUT2D eigenvalue weighted by molar-refractivity contribution is 6.31. The second-order valence-corrected chi connectivity index (χ2v) is 4.32. The molecule has 0 amide bonds. The summed E-state index contributed by atoms with van der Waals surface area (Å²) < 4.78 is 5.09. The lowest BCUT2D eigenvalue weighted by Crippen LogP contribution is -2.10. The molecule has 2 rings (SSSR count). The standard InChI is InChI=1S/C13H13ClO2/c1-16-11-7-10(13(15)8-11)6-9-4-2-3-5-12(9)14/h2-5,8,10H,6-7H2,1H3. The molecule has 1 unspecified atom stereocenters. The van der Waals surface area contributed by atoms with Crippen molar-refractivity contribution in [1.82, 2.24) is 0 Å². The predicted molar refractivity (Wildman–Crippen MR) is 63.4 cm³/mol. The van der Waals surface area contributed by atoms with Gasteiger partial charge in [0.25, 0.3) is 0 Å². The number of ether oxygens (including phenoxy) is 1. The molecule has 0 aromatic heterocycles. The molecule has 0 fully saturated rings. The quantitative estimate of drug-likeness (QED) is 0.807. The van der Waals surface area contributed by atoms with E-state index in [9.17, 15) is 4.79 Å². The van der Waals surface area contributed by atoms with Crippen molar-refractivity contribution in [2.45, 2.75) is 12.8 Å². The Kier molecular flexibility index (Phi) is 3.30. The Morgan fingerprint density at radius 1 is 1.44 bits per heavy atom. The number of benzene rings is 1. The van der Waals surface area contributed by atoms with Gasteiger partial charge in [-0.2, -0.15) is 0 Å². The van der Waals surface area contributed by atoms with E-state index >= 15 is 0 Å². The van der Waals surface area contributed by atoms with Gasteiger partial charge in [0, 0.05) is 23.4 Å². The molecule has 0 saturated heterocycles. The zero-order valence-electron chi connectivity index (χ0n) is 9.07. The number of ketones is 1. The number of methoxy groups -OCH3 is 1. The maximum Gasteiger partial charge on any atom is 0.162 e. The zero-order valence-corrected chi connectivity index (χ0v) is 9.83. The molecule has 84 valence electrons. The molecular formula is C13H13ClO2. The van der Waals surface area contributed by atoms with E-state index in [0.717, 1.165) is 16.3 Å². The Balaban J connectivity index is 2.08. The van der Waals surface area contributed by atoms with E-state index in [0.29, 0.717) is 12.8 Å². The van der Waals surface area contributed by atoms with Crippen molar-refractivity contribution in [3.05, 3.63) is 46.7 Å². The van der Waals surface area contributed by atoms with Gasteiger partial charge in [0.05, 0.1) is 12.9 Å². The molecule has 0 saturated carbocycles. The summed E-state index contributed by atoms with van der Waals surface area (Å²) >= 11 is 6.06. The monoisotopic (exact) mass is 236 g/mol. The highest BCUT2D eigenvalue weighted by Crippen LogP contribution is 2.28. The Bertz CT molecular complexity index is 437. The molecule has 1 aromatic carbocycles. The summed E-state index contributed by atoms with van der Waals surface area (Å²) in [6.45, 7) is 0. The number of allylic oxidation sites excluding steroid dienone is 2. The summed E-state index contributed by atoms with van der Waals surface area (Å²) in [4.78, 5) is 11.7. The van der Waals surface area contributed by atoms with E-state index < -0.39 is 0 Å². The first-order valence-electron chi connectivity index (χ1n) is 5.22. The van der Waals surface area contributed by atoms with Crippen molar-refractivity contribution in [1.29, 1.82) is 0 Å². The van der Waals surface area contributed by atoms with E-state index in [-0.39, 0.29) is 11.7 Å². The normalized spacial score (nSPS) is 19.8. The lowest BCUT2D eigenvalue weighted by atomic mass is 9.96. The van der Waals surface area contributed by atoms with Crippen molar-refractivity contribution in [2.24, 2.45) is 5.92 Å². The minimum atomic E-state index is -0.0187. The predicted octanol–water partition coefficient (Wildman–Crippen LogP) is 3.00. The molecule has 0 aliphatic heterocycles. The molecule has 2 nitrogen and oxygen atoms in total. The van der Waals surface area contributed by atoms with Gasteiger partial charge in [-0.1, -0.05) is 29.8 Å². The molecule has 0 bridgehead atoms. The number of carbonyl (C=O) groups excluding carboxylic acids is 1. The van der Waals surface area contributed by atoms with Crippen LogP contribution in [0.2, 0.25) is 5.02 Å². The first-order valence-corrected chi connectivity index (χ1v) is 5.60. The lowest BCUT2D eigenvalue weighted by Gasteiger charge is -2.10. The second kappa shape index (κ2) is 4.71. The van der Waals surface area contributed by atoms with E-state index in [1.807, 2.05) is 24.3 Å².